The fraction of sp³-hybridized carbons (Fsp3) is 0.385. The maximum Gasteiger partial charge on any atom is 0.234 e. The van der Waals surface area contributed by atoms with E-state index in [4.69, 9.17) is 21.9 Å². The molecule has 4 nitrogen and oxygen atoms in total. The van der Waals surface area contributed by atoms with E-state index in [9.17, 15) is 0 Å². The van der Waals surface area contributed by atoms with E-state index < -0.39 is 0 Å². The van der Waals surface area contributed by atoms with Gasteiger partial charge in [-0.2, -0.15) is 4.98 Å². The van der Waals surface area contributed by atoms with E-state index in [1.807, 2.05) is 24.3 Å². The number of nitrogens with zero attached hydrogens (tertiary/aromatic N) is 2. The molecule has 1 aromatic heterocycles. The van der Waals surface area contributed by atoms with Crippen molar-refractivity contribution in [2.24, 2.45) is 5.73 Å². The molecule has 0 radical (unpaired) electrons. The third-order valence-corrected chi connectivity index (χ3v) is 4.61. The van der Waals surface area contributed by atoms with Gasteiger partial charge in [0.1, 0.15) is 0 Å². The summed E-state index contributed by atoms with van der Waals surface area (Å²) in [7, 11) is 0. The van der Waals surface area contributed by atoms with Crippen LogP contribution in [0.25, 0.3) is 0 Å². The van der Waals surface area contributed by atoms with Gasteiger partial charge in [-0.05, 0) is 37.1 Å². The number of nitrogens with two attached hydrogens (primary N) is 1. The van der Waals surface area contributed by atoms with E-state index in [1.165, 1.54) is 0 Å². The van der Waals surface area contributed by atoms with Crippen LogP contribution in [0.15, 0.2) is 33.7 Å². The molecule has 2 aromatic rings. The van der Waals surface area contributed by atoms with E-state index in [0.29, 0.717) is 18.2 Å². The normalized spacial score (nSPS) is 16.5. The van der Waals surface area contributed by atoms with Gasteiger partial charge in [0, 0.05) is 16.5 Å². The standard InChI is InChI=1S/C13H14ClN3OS/c14-9-1-3-10(4-2-9)19-7-11-16-12(18-17-11)13(8-15)5-6-13/h1-4H,5-8,15H2. The number of aromatic nitrogens is 2. The summed E-state index contributed by atoms with van der Waals surface area (Å²) in [6.07, 6.45) is 2.10. The van der Waals surface area contributed by atoms with Crippen LogP contribution >= 0.6 is 23.4 Å². The minimum Gasteiger partial charge on any atom is -0.339 e. The van der Waals surface area contributed by atoms with Crippen molar-refractivity contribution in [3.8, 4) is 0 Å². The van der Waals surface area contributed by atoms with Crippen molar-refractivity contribution in [2.45, 2.75) is 28.9 Å². The lowest BCUT2D eigenvalue weighted by Crippen LogP contribution is -2.20. The lowest BCUT2D eigenvalue weighted by molar-refractivity contribution is 0.344. The first-order valence-corrected chi connectivity index (χ1v) is 7.50. The Kier molecular flexibility index (Phi) is 3.52. The van der Waals surface area contributed by atoms with Crippen LogP contribution in [0.3, 0.4) is 0 Å². The first-order chi connectivity index (χ1) is 9.22. The van der Waals surface area contributed by atoms with Crippen LogP contribution in [-0.2, 0) is 11.2 Å². The highest BCUT2D eigenvalue weighted by Gasteiger charge is 2.48. The molecule has 1 aromatic carbocycles. The Balaban J connectivity index is 1.63. The largest absolute Gasteiger partial charge is 0.339 e. The molecule has 1 heterocycles. The number of thioether (sulfide) groups is 1. The van der Waals surface area contributed by atoms with Gasteiger partial charge in [-0.25, -0.2) is 0 Å². The molecule has 1 aliphatic carbocycles. The summed E-state index contributed by atoms with van der Waals surface area (Å²) < 4.78 is 5.31. The van der Waals surface area contributed by atoms with Gasteiger partial charge in [0.15, 0.2) is 5.82 Å². The minimum atomic E-state index is -0.0316. The molecule has 19 heavy (non-hydrogen) atoms. The molecule has 0 spiro atoms. The second kappa shape index (κ2) is 5.15. The van der Waals surface area contributed by atoms with Crippen LogP contribution in [0.4, 0.5) is 0 Å². The maximum atomic E-state index is 5.84. The van der Waals surface area contributed by atoms with Crippen molar-refractivity contribution in [1.82, 2.24) is 10.1 Å². The zero-order valence-corrected chi connectivity index (χ0v) is 11.9. The lowest BCUT2D eigenvalue weighted by atomic mass is 10.1. The SMILES string of the molecule is NCC1(c2nc(CSc3ccc(Cl)cc3)no2)CC1. The van der Waals surface area contributed by atoms with Crippen molar-refractivity contribution >= 4 is 23.4 Å². The van der Waals surface area contributed by atoms with E-state index in [0.717, 1.165) is 28.6 Å². The smallest absolute Gasteiger partial charge is 0.234 e. The van der Waals surface area contributed by atoms with Crippen LogP contribution in [0.5, 0.6) is 0 Å². The molecule has 0 saturated heterocycles. The molecule has 1 saturated carbocycles. The number of rotatable bonds is 5. The zero-order chi connectivity index (χ0) is 13.3. The Hall–Kier alpha value is -1.04. The molecule has 0 atom stereocenters. The summed E-state index contributed by atoms with van der Waals surface area (Å²) in [6, 6.07) is 7.71. The minimum absolute atomic E-state index is 0.0316. The molecule has 2 N–H and O–H groups in total. The van der Waals surface area contributed by atoms with Crippen molar-refractivity contribution in [1.29, 1.82) is 0 Å². The monoisotopic (exact) mass is 295 g/mol. The topological polar surface area (TPSA) is 64.9 Å². The van der Waals surface area contributed by atoms with E-state index in [1.54, 1.807) is 11.8 Å². The van der Waals surface area contributed by atoms with Gasteiger partial charge >= 0.3 is 0 Å². The number of hydrogen-bond donors (Lipinski definition) is 1. The van der Waals surface area contributed by atoms with Crippen molar-refractivity contribution in [2.75, 3.05) is 6.54 Å². The van der Waals surface area contributed by atoms with Crippen molar-refractivity contribution in [3.63, 3.8) is 0 Å². The fourth-order valence-electron chi connectivity index (χ4n) is 1.86. The van der Waals surface area contributed by atoms with Crippen LogP contribution < -0.4 is 5.73 Å². The van der Waals surface area contributed by atoms with Gasteiger partial charge in [-0.3, -0.25) is 0 Å². The molecule has 0 aliphatic heterocycles. The first-order valence-electron chi connectivity index (χ1n) is 6.13. The molecule has 0 bridgehead atoms. The Morgan fingerprint density at radius 1 is 1.32 bits per heavy atom. The molecule has 1 aliphatic rings. The molecule has 6 heteroatoms. The maximum absolute atomic E-state index is 5.84. The molecule has 100 valence electrons. The average molecular weight is 296 g/mol. The van der Waals surface area contributed by atoms with Crippen molar-refractivity contribution < 1.29 is 4.52 Å². The molecule has 3 rings (SSSR count). The second-order valence-corrected chi connectivity index (χ2v) is 6.23. The van der Waals surface area contributed by atoms with Gasteiger partial charge < -0.3 is 10.3 Å². The van der Waals surface area contributed by atoms with Crippen LogP contribution in [0, 0.1) is 0 Å². The van der Waals surface area contributed by atoms with Crippen LogP contribution in [-0.4, -0.2) is 16.7 Å². The quantitative estimate of drug-likeness (QED) is 0.859. The van der Waals surface area contributed by atoms with Crippen LogP contribution in [0.1, 0.15) is 24.6 Å². The highest BCUT2D eigenvalue weighted by atomic mass is 35.5. The first kappa shape index (κ1) is 13.0. The Bertz CT molecular complexity index is 566. The van der Waals surface area contributed by atoms with Gasteiger partial charge in [0.05, 0.1) is 11.2 Å². The number of halogens is 1. The van der Waals surface area contributed by atoms with Gasteiger partial charge in [-0.15, -0.1) is 11.8 Å². The second-order valence-electron chi connectivity index (χ2n) is 4.74. The molecule has 0 amide bonds. The van der Waals surface area contributed by atoms with E-state index >= 15 is 0 Å². The molecular weight excluding hydrogens is 282 g/mol. The predicted octanol–water partition coefficient (Wildman–Crippen LogP) is 3.01. The molecule has 1 fully saturated rings. The van der Waals surface area contributed by atoms with Gasteiger partial charge in [0.2, 0.25) is 5.89 Å². The summed E-state index contributed by atoms with van der Waals surface area (Å²) in [6.45, 7) is 0.582. The predicted molar refractivity (Wildman–Crippen MR) is 75.3 cm³/mol. The fourth-order valence-corrected chi connectivity index (χ4v) is 2.73. The summed E-state index contributed by atoms with van der Waals surface area (Å²) in [5.74, 6) is 2.10. The summed E-state index contributed by atoms with van der Waals surface area (Å²) >= 11 is 7.50. The van der Waals surface area contributed by atoms with Gasteiger partial charge in [-0.1, -0.05) is 16.8 Å². The molecule has 0 unspecified atom stereocenters. The summed E-state index contributed by atoms with van der Waals surface area (Å²) in [5.41, 5.74) is 5.71. The average Bonchev–Trinajstić information content (AvgIpc) is 3.10. The summed E-state index contributed by atoms with van der Waals surface area (Å²) in [5, 5.41) is 4.76. The van der Waals surface area contributed by atoms with E-state index in [-0.39, 0.29) is 5.41 Å². The third-order valence-electron chi connectivity index (χ3n) is 3.35. The Morgan fingerprint density at radius 3 is 2.68 bits per heavy atom. The third kappa shape index (κ3) is 2.78. The zero-order valence-electron chi connectivity index (χ0n) is 10.3. The number of benzene rings is 1. The van der Waals surface area contributed by atoms with Crippen molar-refractivity contribution in [3.05, 3.63) is 41.0 Å². The summed E-state index contributed by atoms with van der Waals surface area (Å²) in [4.78, 5) is 5.58. The van der Waals surface area contributed by atoms with Gasteiger partial charge in [0.25, 0.3) is 0 Å². The number of hydrogen-bond acceptors (Lipinski definition) is 5. The Labute approximate surface area is 120 Å². The highest BCUT2D eigenvalue weighted by Crippen LogP contribution is 2.46. The van der Waals surface area contributed by atoms with E-state index in [2.05, 4.69) is 10.1 Å². The molecular formula is C13H14ClN3OS. The highest BCUT2D eigenvalue weighted by molar-refractivity contribution is 7.98. The Morgan fingerprint density at radius 2 is 2.05 bits per heavy atom. The van der Waals surface area contributed by atoms with Crippen LogP contribution in [0.2, 0.25) is 5.02 Å². The lowest BCUT2D eigenvalue weighted by Gasteiger charge is -2.03.